The van der Waals surface area contributed by atoms with Crippen LogP contribution in [0.25, 0.3) is 0 Å². The Morgan fingerprint density at radius 2 is 1.11 bits per heavy atom. The largest absolute Gasteiger partial charge is 0.458 e. The van der Waals surface area contributed by atoms with E-state index in [0.29, 0.717) is 49.7 Å². The number of aliphatic hydroxyl groups is 5. The Morgan fingerprint density at radius 3 is 1.63 bits per heavy atom. The lowest BCUT2D eigenvalue weighted by Gasteiger charge is -2.67. The standard InChI is InChI=1S/C63H90O21/c1-33-50(64)55(74-11)51(65)58(78-33)84-54-36(4)77-49(31-44(54)73-10)83-53-35(3)76-48(30-43(53)72-9)82-52-34(2)75-47(29-42(52)71-8)80-41-23-24-59(6)40(28-41)22-25-62(69)45(59)32-46(81-57(67)39-20-16-13-17-21-39)60(7)61(68,26-27-63(60,62)70)37(5)79-56(66)38-18-14-12-15-19-38/h12-22,33-37,41-55,58,64-65,68-70H,23-32H2,1-11H3. The van der Waals surface area contributed by atoms with Gasteiger partial charge in [0.05, 0.1) is 65.4 Å². The van der Waals surface area contributed by atoms with Crippen LogP contribution in [0.1, 0.15) is 133 Å². The molecule has 468 valence electrons. The van der Waals surface area contributed by atoms with Gasteiger partial charge in [-0.05, 0) is 109 Å². The number of carbonyl (C=O) groups is 2. The molecule has 26 atom stereocenters. The number of hydrogen-bond acceptors (Lipinski definition) is 21. The molecule has 0 aromatic heterocycles. The van der Waals surface area contributed by atoms with Gasteiger partial charge in [0.15, 0.2) is 25.2 Å². The second-order valence-corrected chi connectivity index (χ2v) is 25.3. The van der Waals surface area contributed by atoms with Crippen LogP contribution in [0.5, 0.6) is 0 Å². The molecule has 7 fully saturated rings. The predicted octanol–water partition coefficient (Wildman–Crippen LogP) is 5.46. The van der Waals surface area contributed by atoms with Crippen molar-refractivity contribution in [2.75, 3.05) is 28.4 Å². The fraction of sp³-hybridized carbons (Fsp3) is 0.746. The summed E-state index contributed by atoms with van der Waals surface area (Å²) in [6, 6.07) is 17.0. The fourth-order valence-electron chi connectivity index (χ4n) is 15.9. The van der Waals surface area contributed by atoms with E-state index in [9.17, 15) is 35.1 Å². The molecule has 0 amide bonds. The highest BCUT2D eigenvalue weighted by Crippen LogP contribution is 2.71. The lowest BCUT2D eigenvalue weighted by atomic mass is 9.42. The summed E-state index contributed by atoms with van der Waals surface area (Å²) >= 11 is 0. The lowest BCUT2D eigenvalue weighted by Crippen LogP contribution is -2.78. The van der Waals surface area contributed by atoms with Crippen molar-refractivity contribution in [3.8, 4) is 0 Å². The van der Waals surface area contributed by atoms with Crippen LogP contribution in [0.2, 0.25) is 0 Å². The van der Waals surface area contributed by atoms with Crippen molar-refractivity contribution in [1.29, 1.82) is 0 Å². The van der Waals surface area contributed by atoms with Crippen LogP contribution >= 0.6 is 0 Å². The molecule has 3 saturated carbocycles. The molecule has 5 N–H and O–H groups in total. The van der Waals surface area contributed by atoms with Crippen LogP contribution in [0.3, 0.4) is 0 Å². The molecule has 4 aliphatic carbocycles. The average molecular weight is 1180 g/mol. The summed E-state index contributed by atoms with van der Waals surface area (Å²) in [7, 11) is 6.24. The van der Waals surface area contributed by atoms with E-state index in [1.807, 2.05) is 26.8 Å². The van der Waals surface area contributed by atoms with Crippen LogP contribution in [0.15, 0.2) is 72.3 Å². The molecule has 21 nitrogen and oxygen atoms in total. The van der Waals surface area contributed by atoms with Crippen molar-refractivity contribution in [2.24, 2.45) is 16.7 Å². The minimum Gasteiger partial charge on any atom is -0.458 e. The quantitative estimate of drug-likeness (QED) is 0.0972. The first-order chi connectivity index (χ1) is 40.0. The highest BCUT2D eigenvalue weighted by Gasteiger charge is 2.81. The number of benzene rings is 2. The molecule has 0 spiro atoms. The maximum absolute atomic E-state index is 14.1. The summed E-state index contributed by atoms with van der Waals surface area (Å²) in [6.45, 7) is 12.7. The number of carbonyl (C=O) groups excluding carboxylic acids is 2. The molecule has 84 heavy (non-hydrogen) atoms. The first-order valence-corrected chi connectivity index (χ1v) is 30.1. The van der Waals surface area contributed by atoms with Gasteiger partial charge in [-0.3, -0.25) is 0 Å². The topological polar surface area (TPSA) is 265 Å². The minimum atomic E-state index is -2.00. The van der Waals surface area contributed by atoms with Gasteiger partial charge in [0.25, 0.3) is 0 Å². The van der Waals surface area contributed by atoms with Crippen LogP contribution in [-0.4, -0.2) is 206 Å². The van der Waals surface area contributed by atoms with Crippen molar-refractivity contribution in [3.05, 3.63) is 83.4 Å². The van der Waals surface area contributed by atoms with Gasteiger partial charge < -0.3 is 91.8 Å². The molecule has 2 aromatic rings. The Bertz CT molecular complexity index is 2600. The average Bonchev–Trinajstić information content (AvgIpc) is 1.84. The Kier molecular flexibility index (Phi) is 19.0. The van der Waals surface area contributed by atoms with E-state index >= 15 is 0 Å². The third-order valence-electron chi connectivity index (χ3n) is 20.9. The second-order valence-electron chi connectivity index (χ2n) is 25.3. The van der Waals surface area contributed by atoms with E-state index in [2.05, 4.69) is 6.92 Å². The van der Waals surface area contributed by atoms with Crippen molar-refractivity contribution >= 4 is 11.9 Å². The highest BCUT2D eigenvalue weighted by molar-refractivity contribution is 5.90. The van der Waals surface area contributed by atoms with Gasteiger partial charge in [-0.1, -0.05) is 61.9 Å². The minimum absolute atomic E-state index is 0.0361. The first kappa shape index (κ1) is 63.5. The smallest absolute Gasteiger partial charge is 0.338 e. The lowest BCUT2D eigenvalue weighted by molar-refractivity contribution is -0.356. The van der Waals surface area contributed by atoms with Crippen LogP contribution < -0.4 is 0 Å². The maximum atomic E-state index is 14.1. The molecular formula is C63H90O21. The number of rotatable bonds is 17. The summed E-state index contributed by atoms with van der Waals surface area (Å²) < 4.78 is 87.5. The summed E-state index contributed by atoms with van der Waals surface area (Å²) in [5.74, 6) is -1.89. The number of methoxy groups -OCH3 is 4. The van der Waals surface area contributed by atoms with Gasteiger partial charge in [0.2, 0.25) is 0 Å². The molecule has 0 bridgehead atoms. The van der Waals surface area contributed by atoms with Crippen molar-refractivity contribution < 1.29 is 101 Å². The zero-order valence-electron chi connectivity index (χ0n) is 50.3. The summed E-state index contributed by atoms with van der Waals surface area (Å²) in [6.07, 6.45) is -9.36. The van der Waals surface area contributed by atoms with E-state index in [0.717, 1.165) is 5.57 Å². The highest BCUT2D eigenvalue weighted by atomic mass is 16.8. The van der Waals surface area contributed by atoms with E-state index in [1.54, 1.807) is 103 Å². The molecule has 2 aromatic carbocycles. The van der Waals surface area contributed by atoms with Crippen molar-refractivity contribution in [2.45, 2.75) is 252 Å². The monoisotopic (exact) mass is 1180 g/mol. The zero-order chi connectivity index (χ0) is 60.3. The third kappa shape index (κ3) is 11.3. The summed E-state index contributed by atoms with van der Waals surface area (Å²) in [5, 5.41) is 61.2. The van der Waals surface area contributed by atoms with Gasteiger partial charge >= 0.3 is 11.9 Å². The van der Waals surface area contributed by atoms with Crippen molar-refractivity contribution in [3.63, 3.8) is 0 Å². The number of aliphatic hydroxyl groups excluding tert-OH is 2. The van der Waals surface area contributed by atoms with Gasteiger partial charge in [0, 0.05) is 53.6 Å². The van der Waals surface area contributed by atoms with E-state index in [-0.39, 0.29) is 31.8 Å². The Morgan fingerprint density at radius 1 is 0.595 bits per heavy atom. The van der Waals surface area contributed by atoms with Gasteiger partial charge in [-0.2, -0.15) is 0 Å². The Labute approximate surface area is 492 Å². The molecular weight excluding hydrogens is 1090 g/mol. The third-order valence-corrected chi connectivity index (χ3v) is 20.9. The Balaban J connectivity index is 0.773. The summed E-state index contributed by atoms with van der Waals surface area (Å²) in [4.78, 5) is 27.6. The van der Waals surface area contributed by atoms with Gasteiger partial charge in [-0.25, -0.2) is 9.59 Å². The van der Waals surface area contributed by atoms with Gasteiger partial charge in [-0.15, -0.1) is 0 Å². The van der Waals surface area contributed by atoms with Crippen LogP contribution in [0, 0.1) is 16.7 Å². The van der Waals surface area contributed by atoms with Crippen LogP contribution in [0.4, 0.5) is 0 Å². The molecule has 21 heteroatoms. The van der Waals surface area contributed by atoms with Gasteiger partial charge in [0.1, 0.15) is 65.6 Å². The maximum Gasteiger partial charge on any atom is 0.338 e. The predicted molar refractivity (Wildman–Crippen MR) is 298 cm³/mol. The zero-order valence-corrected chi connectivity index (χ0v) is 50.3. The Hall–Kier alpha value is -3.56. The SMILES string of the molecule is COC1CC(OC2CCC3(C)C(=CCC4(O)C3CC(OC(=O)c3ccccc3)C3(C)C(O)(C(C)OC(=O)c5ccccc5)CCC43O)C2)OC(C)C1OC1CC(OC)C(OC2CC(OC)C(OC3OC(C)C(O)C(OC)C3O)C(C)O2)C(C)O1. The molecule has 8 aliphatic rings. The number of hydrogen-bond donors (Lipinski definition) is 5. The first-order valence-electron chi connectivity index (χ1n) is 30.1. The number of fused-ring (bicyclic) bond motifs is 5. The van der Waals surface area contributed by atoms with Crippen LogP contribution in [-0.2, 0) is 66.3 Å². The van der Waals surface area contributed by atoms with E-state index in [1.165, 1.54) is 7.11 Å². The molecule has 0 radical (unpaired) electrons. The molecule has 4 saturated heterocycles. The van der Waals surface area contributed by atoms with E-state index < -0.39 is 162 Å². The summed E-state index contributed by atoms with van der Waals surface area (Å²) in [5.41, 5.74) is -6.42. The molecule has 4 aliphatic heterocycles. The van der Waals surface area contributed by atoms with Crippen molar-refractivity contribution in [1.82, 2.24) is 0 Å². The number of ether oxygens (including phenoxy) is 14. The number of esters is 2. The molecule has 10 rings (SSSR count). The molecule has 4 heterocycles. The van der Waals surface area contributed by atoms with E-state index in [4.69, 9.17) is 66.3 Å². The molecule has 26 unspecified atom stereocenters. The second kappa shape index (κ2) is 25.1. The fourth-order valence-corrected chi connectivity index (χ4v) is 15.9. The normalized spacial score (nSPS) is 46.2.